The zero-order valence-electron chi connectivity index (χ0n) is 8.27. The Labute approximate surface area is 83.7 Å². The molecule has 0 aliphatic heterocycles. The van der Waals surface area contributed by atoms with Crippen LogP contribution in [0.5, 0.6) is 0 Å². The second-order valence-electron chi connectivity index (χ2n) is 3.31. The van der Waals surface area contributed by atoms with Crippen LogP contribution in [-0.2, 0) is 0 Å². The minimum atomic E-state index is -0.631. The smallest absolute Gasteiger partial charge is 0.363 e. The monoisotopic (exact) mass is 210 g/mol. The number of nitrogens with one attached hydrogen (secondary N) is 2. The van der Waals surface area contributed by atoms with Crippen molar-refractivity contribution < 1.29 is 4.84 Å². The van der Waals surface area contributed by atoms with Crippen LogP contribution in [0.1, 0.15) is 13.8 Å². The van der Waals surface area contributed by atoms with Crippen molar-refractivity contribution in [2.45, 2.75) is 20.0 Å². The van der Waals surface area contributed by atoms with Crippen molar-refractivity contribution in [1.29, 1.82) is 0 Å². The van der Waals surface area contributed by atoms with Crippen molar-refractivity contribution >= 4 is 11.2 Å². The third kappa shape index (κ3) is 1.51. The van der Waals surface area contributed by atoms with Crippen LogP contribution < -0.4 is 16.1 Å². The summed E-state index contributed by atoms with van der Waals surface area (Å²) in [6.07, 6.45) is 1.08. The summed E-state index contributed by atoms with van der Waals surface area (Å²) in [5.41, 5.74) is -0.725. The van der Waals surface area contributed by atoms with E-state index in [0.29, 0.717) is 4.73 Å². The van der Waals surface area contributed by atoms with Crippen molar-refractivity contribution in [1.82, 2.24) is 19.7 Å². The highest BCUT2D eigenvalue weighted by Gasteiger charge is 2.10. The first-order chi connectivity index (χ1) is 7.09. The van der Waals surface area contributed by atoms with Gasteiger partial charge in [0.2, 0.25) is 0 Å². The third-order valence-corrected chi connectivity index (χ3v) is 1.76. The molecule has 0 spiro atoms. The number of fused-ring (bicyclic) bond motifs is 1. The first kappa shape index (κ1) is 9.50. The van der Waals surface area contributed by atoms with Gasteiger partial charge in [-0.05, 0) is 13.8 Å². The van der Waals surface area contributed by atoms with Crippen LogP contribution in [0, 0.1) is 0 Å². The molecule has 0 bridgehead atoms. The minimum Gasteiger partial charge on any atom is -0.403 e. The maximum Gasteiger partial charge on any atom is 0.363 e. The Morgan fingerprint density at radius 2 is 2.20 bits per heavy atom. The lowest BCUT2D eigenvalue weighted by Gasteiger charge is -2.09. The van der Waals surface area contributed by atoms with E-state index in [0.717, 1.165) is 0 Å². The molecule has 0 atom stereocenters. The summed E-state index contributed by atoms with van der Waals surface area (Å²) in [6.45, 7) is 3.45. The van der Waals surface area contributed by atoms with Crippen LogP contribution in [0.2, 0.25) is 0 Å². The fourth-order valence-electron chi connectivity index (χ4n) is 1.20. The van der Waals surface area contributed by atoms with Gasteiger partial charge in [-0.2, -0.15) is 0 Å². The summed E-state index contributed by atoms with van der Waals surface area (Å²) in [4.78, 5) is 37.0. The predicted molar refractivity (Wildman–Crippen MR) is 52.7 cm³/mol. The predicted octanol–water partition coefficient (Wildman–Crippen LogP) is -0.750. The zero-order chi connectivity index (χ0) is 11.0. The molecule has 0 aliphatic carbocycles. The van der Waals surface area contributed by atoms with Gasteiger partial charge in [0, 0.05) is 0 Å². The van der Waals surface area contributed by atoms with Crippen molar-refractivity contribution in [3.63, 3.8) is 0 Å². The van der Waals surface area contributed by atoms with E-state index < -0.39 is 11.2 Å². The van der Waals surface area contributed by atoms with Crippen molar-refractivity contribution in [2.75, 3.05) is 0 Å². The molecule has 15 heavy (non-hydrogen) atoms. The third-order valence-electron chi connectivity index (χ3n) is 1.76. The van der Waals surface area contributed by atoms with Gasteiger partial charge >= 0.3 is 11.2 Å². The average molecular weight is 210 g/mol. The van der Waals surface area contributed by atoms with Gasteiger partial charge in [0.15, 0.2) is 11.2 Å². The molecular weight excluding hydrogens is 200 g/mol. The lowest BCUT2D eigenvalue weighted by atomic mass is 10.5. The number of aromatic amines is 2. The van der Waals surface area contributed by atoms with Crippen molar-refractivity contribution in [3.8, 4) is 0 Å². The van der Waals surface area contributed by atoms with E-state index in [1.807, 2.05) is 0 Å². The van der Waals surface area contributed by atoms with E-state index in [1.54, 1.807) is 13.8 Å². The summed E-state index contributed by atoms with van der Waals surface area (Å²) >= 11 is 0. The van der Waals surface area contributed by atoms with Crippen LogP contribution in [0.25, 0.3) is 11.2 Å². The van der Waals surface area contributed by atoms with Gasteiger partial charge in [0.25, 0.3) is 0 Å². The molecule has 2 aromatic heterocycles. The number of H-pyrrole nitrogens is 2. The van der Waals surface area contributed by atoms with Gasteiger partial charge in [-0.25, -0.2) is 9.78 Å². The van der Waals surface area contributed by atoms with E-state index in [-0.39, 0.29) is 17.3 Å². The van der Waals surface area contributed by atoms with Gasteiger partial charge in [0.1, 0.15) is 6.10 Å². The van der Waals surface area contributed by atoms with Gasteiger partial charge in [-0.1, -0.05) is 4.73 Å². The Morgan fingerprint density at radius 1 is 1.47 bits per heavy atom. The molecule has 0 unspecified atom stereocenters. The molecule has 0 radical (unpaired) electrons. The van der Waals surface area contributed by atoms with E-state index in [4.69, 9.17) is 4.84 Å². The summed E-state index contributed by atoms with van der Waals surface area (Å²) in [6, 6.07) is 0. The summed E-state index contributed by atoms with van der Waals surface area (Å²) < 4.78 is 0.686. The number of aromatic nitrogens is 4. The molecule has 0 fully saturated rings. The van der Waals surface area contributed by atoms with Crippen LogP contribution in [0.3, 0.4) is 0 Å². The molecule has 7 heteroatoms. The van der Waals surface area contributed by atoms with Gasteiger partial charge in [-0.15, -0.1) is 0 Å². The molecule has 0 amide bonds. The first-order valence-corrected chi connectivity index (χ1v) is 4.45. The molecule has 2 N–H and O–H groups in total. The molecule has 0 saturated carbocycles. The fourth-order valence-corrected chi connectivity index (χ4v) is 1.20. The highest BCUT2D eigenvalue weighted by molar-refractivity contribution is 5.67. The largest absolute Gasteiger partial charge is 0.403 e. The van der Waals surface area contributed by atoms with Gasteiger partial charge < -0.3 is 9.82 Å². The zero-order valence-corrected chi connectivity index (χ0v) is 8.27. The Hall–Kier alpha value is -2.05. The molecule has 2 rings (SSSR count). The molecule has 0 saturated heterocycles. The summed E-state index contributed by atoms with van der Waals surface area (Å²) in [5.74, 6) is 0. The molecule has 0 aliphatic rings. The molecule has 7 nitrogen and oxygen atoms in total. The maximum atomic E-state index is 11.7. The Kier molecular flexibility index (Phi) is 2.07. The second kappa shape index (κ2) is 3.26. The molecule has 2 heterocycles. The maximum absolute atomic E-state index is 11.7. The van der Waals surface area contributed by atoms with Crippen LogP contribution in [0.15, 0.2) is 15.9 Å². The normalized spacial score (nSPS) is 11.1. The number of hydrogen-bond acceptors (Lipinski definition) is 4. The SMILES string of the molecule is CC(C)On1c(=O)[nH]c2nc[nH]c2c1=O. The number of nitrogens with zero attached hydrogens (tertiary/aromatic N) is 2. The van der Waals surface area contributed by atoms with Crippen LogP contribution in [0.4, 0.5) is 0 Å². The van der Waals surface area contributed by atoms with Crippen molar-refractivity contribution in [2.24, 2.45) is 0 Å². The lowest BCUT2D eigenvalue weighted by molar-refractivity contribution is 0.0452. The standard InChI is InChI=1S/C8H10N4O3/c1-4(2)15-12-7(13)5-6(10-3-9-5)11-8(12)14/h3-4H,1-2H3,(H,9,10)(H,11,14). The second-order valence-corrected chi connectivity index (χ2v) is 3.31. The average Bonchev–Trinajstić information content (AvgIpc) is 2.59. The van der Waals surface area contributed by atoms with E-state index in [2.05, 4.69) is 15.0 Å². The Bertz CT molecular complexity index is 592. The molecule has 2 aromatic rings. The Balaban J connectivity index is 2.73. The molecular formula is C8H10N4O3. The number of imidazole rings is 1. The first-order valence-electron chi connectivity index (χ1n) is 4.45. The quantitative estimate of drug-likeness (QED) is 0.682. The topological polar surface area (TPSA) is 92.8 Å². The van der Waals surface area contributed by atoms with E-state index in [9.17, 15) is 9.59 Å². The Morgan fingerprint density at radius 3 is 2.87 bits per heavy atom. The van der Waals surface area contributed by atoms with Crippen molar-refractivity contribution in [3.05, 3.63) is 27.2 Å². The van der Waals surface area contributed by atoms with Gasteiger partial charge in [0.05, 0.1) is 6.33 Å². The molecule has 0 aromatic carbocycles. The number of hydrogen-bond donors (Lipinski definition) is 2. The minimum absolute atomic E-state index is 0.218. The summed E-state index contributed by atoms with van der Waals surface area (Å²) in [7, 11) is 0. The van der Waals surface area contributed by atoms with E-state index in [1.165, 1.54) is 6.33 Å². The fraction of sp³-hybridized carbons (Fsp3) is 0.375. The van der Waals surface area contributed by atoms with Crippen LogP contribution in [-0.4, -0.2) is 25.8 Å². The number of rotatable bonds is 2. The van der Waals surface area contributed by atoms with E-state index >= 15 is 0 Å². The lowest BCUT2D eigenvalue weighted by Crippen LogP contribution is -2.42. The molecule has 80 valence electrons. The van der Waals surface area contributed by atoms with Crippen LogP contribution >= 0.6 is 0 Å². The van der Waals surface area contributed by atoms with Gasteiger partial charge in [-0.3, -0.25) is 9.78 Å². The highest BCUT2D eigenvalue weighted by atomic mass is 16.7. The highest BCUT2D eigenvalue weighted by Crippen LogP contribution is 1.94. The summed E-state index contributed by atoms with van der Waals surface area (Å²) in [5, 5.41) is 0.